The standard InChI is InChI=1S/C25H29NO4/c1-16-7-6-8-17(2)24(16)26-25(29)18(3)30-23(28)14-13-22(27)21-12-11-19-9-4-5-10-20(19)15-21/h6-8,11-12,15,18H,4-5,9-10,13-14H2,1-3H3,(H,26,29). The topological polar surface area (TPSA) is 72.5 Å². The van der Waals surface area contributed by atoms with Crippen molar-refractivity contribution in [1.29, 1.82) is 0 Å². The van der Waals surface area contributed by atoms with Gasteiger partial charge in [-0.05, 0) is 74.8 Å². The number of amides is 1. The van der Waals surface area contributed by atoms with Crippen LogP contribution in [0, 0.1) is 13.8 Å². The van der Waals surface area contributed by atoms with Gasteiger partial charge in [0.2, 0.25) is 0 Å². The van der Waals surface area contributed by atoms with Gasteiger partial charge in [-0.25, -0.2) is 0 Å². The number of anilines is 1. The molecule has 0 aliphatic heterocycles. The Morgan fingerprint density at radius 3 is 2.33 bits per heavy atom. The zero-order chi connectivity index (χ0) is 21.7. The van der Waals surface area contributed by atoms with E-state index in [9.17, 15) is 14.4 Å². The summed E-state index contributed by atoms with van der Waals surface area (Å²) in [7, 11) is 0. The van der Waals surface area contributed by atoms with Crippen molar-refractivity contribution in [3.8, 4) is 0 Å². The molecule has 0 saturated carbocycles. The Labute approximate surface area is 177 Å². The van der Waals surface area contributed by atoms with E-state index in [4.69, 9.17) is 4.74 Å². The van der Waals surface area contributed by atoms with Crippen LogP contribution in [0.1, 0.15) is 65.2 Å². The van der Waals surface area contributed by atoms with Gasteiger partial charge in [0.15, 0.2) is 11.9 Å². The number of carbonyl (C=O) groups is 3. The molecule has 3 rings (SSSR count). The third kappa shape index (κ3) is 5.35. The first kappa shape index (κ1) is 21.8. The summed E-state index contributed by atoms with van der Waals surface area (Å²) >= 11 is 0. The van der Waals surface area contributed by atoms with E-state index in [1.54, 1.807) is 0 Å². The van der Waals surface area contributed by atoms with Crippen LogP contribution in [0.25, 0.3) is 0 Å². The van der Waals surface area contributed by atoms with Gasteiger partial charge in [-0.2, -0.15) is 0 Å². The fourth-order valence-electron chi connectivity index (χ4n) is 3.81. The molecule has 1 N–H and O–H groups in total. The van der Waals surface area contributed by atoms with Crippen LogP contribution in [-0.2, 0) is 27.2 Å². The first-order chi connectivity index (χ1) is 14.3. The third-order valence-electron chi connectivity index (χ3n) is 5.63. The van der Waals surface area contributed by atoms with E-state index in [2.05, 4.69) is 5.32 Å². The van der Waals surface area contributed by atoms with Crippen LogP contribution in [0.5, 0.6) is 0 Å². The van der Waals surface area contributed by atoms with Crippen molar-refractivity contribution in [3.63, 3.8) is 0 Å². The number of nitrogens with one attached hydrogen (secondary N) is 1. The highest BCUT2D eigenvalue weighted by molar-refractivity contribution is 5.99. The lowest BCUT2D eigenvalue weighted by atomic mass is 9.89. The summed E-state index contributed by atoms with van der Waals surface area (Å²) in [5, 5.41) is 2.82. The van der Waals surface area contributed by atoms with Crippen LogP contribution in [0.2, 0.25) is 0 Å². The van der Waals surface area contributed by atoms with E-state index in [1.165, 1.54) is 24.5 Å². The van der Waals surface area contributed by atoms with Crippen LogP contribution in [0.4, 0.5) is 5.69 Å². The Morgan fingerprint density at radius 1 is 0.967 bits per heavy atom. The molecule has 5 nitrogen and oxygen atoms in total. The molecule has 158 valence electrons. The molecule has 0 bridgehead atoms. The molecule has 1 atom stereocenters. The van der Waals surface area contributed by atoms with Crippen LogP contribution in [0.3, 0.4) is 0 Å². The molecular formula is C25H29NO4. The molecule has 0 spiro atoms. The van der Waals surface area contributed by atoms with E-state index in [0.29, 0.717) is 5.56 Å². The molecule has 1 aliphatic carbocycles. The number of Topliss-reactive ketones (excluding diaryl/α,β-unsaturated/α-hetero) is 1. The SMILES string of the molecule is Cc1cccc(C)c1NC(=O)C(C)OC(=O)CCC(=O)c1ccc2c(c1)CCCC2. The quantitative estimate of drug-likeness (QED) is 0.533. The minimum absolute atomic E-state index is 0.0447. The summed E-state index contributed by atoms with van der Waals surface area (Å²) in [6.07, 6.45) is 3.51. The van der Waals surface area contributed by atoms with Crippen LogP contribution < -0.4 is 5.32 Å². The number of esters is 1. The number of benzene rings is 2. The highest BCUT2D eigenvalue weighted by Gasteiger charge is 2.20. The Bertz CT molecular complexity index is 943. The van der Waals surface area contributed by atoms with Gasteiger partial charge in [-0.3, -0.25) is 14.4 Å². The normalized spacial score (nSPS) is 13.8. The number of aryl methyl sites for hydroxylation is 4. The number of hydrogen-bond donors (Lipinski definition) is 1. The molecule has 30 heavy (non-hydrogen) atoms. The van der Waals surface area contributed by atoms with Crippen molar-refractivity contribution in [2.75, 3.05) is 5.32 Å². The third-order valence-corrected chi connectivity index (χ3v) is 5.63. The second-order valence-electron chi connectivity index (χ2n) is 8.00. The number of fused-ring (bicyclic) bond motifs is 1. The number of rotatable bonds is 7. The molecule has 1 unspecified atom stereocenters. The largest absolute Gasteiger partial charge is 0.453 e. The van der Waals surface area contributed by atoms with Gasteiger partial charge >= 0.3 is 5.97 Å². The van der Waals surface area contributed by atoms with Gasteiger partial charge < -0.3 is 10.1 Å². The van der Waals surface area contributed by atoms with Gasteiger partial charge in [0, 0.05) is 17.7 Å². The molecule has 0 fully saturated rings. The number of hydrogen-bond acceptors (Lipinski definition) is 4. The maximum atomic E-state index is 12.5. The Balaban J connectivity index is 1.50. The molecule has 2 aromatic carbocycles. The predicted octanol–water partition coefficient (Wildman–Crippen LogP) is 4.72. The number of ether oxygens (including phenoxy) is 1. The zero-order valence-electron chi connectivity index (χ0n) is 17.9. The summed E-state index contributed by atoms with van der Waals surface area (Å²) in [6.45, 7) is 5.35. The van der Waals surface area contributed by atoms with Gasteiger partial charge in [-0.15, -0.1) is 0 Å². The van der Waals surface area contributed by atoms with Crippen LogP contribution in [-0.4, -0.2) is 23.8 Å². The van der Waals surface area contributed by atoms with Crippen molar-refractivity contribution >= 4 is 23.3 Å². The first-order valence-electron chi connectivity index (χ1n) is 10.6. The van der Waals surface area contributed by atoms with E-state index in [1.807, 2.05) is 50.2 Å². The number of para-hydroxylation sites is 1. The Kier molecular flexibility index (Phi) is 7.03. The second-order valence-corrected chi connectivity index (χ2v) is 8.00. The smallest absolute Gasteiger partial charge is 0.307 e. The molecule has 1 aliphatic rings. The fraction of sp³-hybridized carbons (Fsp3) is 0.400. The van der Waals surface area contributed by atoms with E-state index < -0.39 is 12.1 Å². The summed E-state index contributed by atoms with van der Waals surface area (Å²) in [5.41, 5.74) is 5.82. The second kappa shape index (κ2) is 9.70. The first-order valence-corrected chi connectivity index (χ1v) is 10.6. The summed E-state index contributed by atoms with van der Waals surface area (Å²) in [5.74, 6) is -1.01. The molecule has 5 heteroatoms. The van der Waals surface area contributed by atoms with Crippen molar-refractivity contribution in [2.24, 2.45) is 0 Å². The monoisotopic (exact) mass is 407 g/mol. The zero-order valence-corrected chi connectivity index (χ0v) is 17.9. The van der Waals surface area contributed by atoms with Gasteiger partial charge in [0.05, 0.1) is 6.42 Å². The summed E-state index contributed by atoms with van der Waals surface area (Å²) in [4.78, 5) is 37.0. The van der Waals surface area contributed by atoms with Crippen molar-refractivity contribution in [2.45, 2.75) is 65.4 Å². The molecule has 0 radical (unpaired) electrons. The minimum atomic E-state index is -0.935. The van der Waals surface area contributed by atoms with Crippen molar-refractivity contribution in [1.82, 2.24) is 0 Å². The van der Waals surface area contributed by atoms with E-state index in [-0.39, 0.29) is 24.5 Å². The number of ketones is 1. The van der Waals surface area contributed by atoms with E-state index >= 15 is 0 Å². The molecule has 2 aromatic rings. The lowest BCUT2D eigenvalue weighted by molar-refractivity contribution is -0.153. The number of carbonyl (C=O) groups excluding carboxylic acids is 3. The van der Waals surface area contributed by atoms with E-state index in [0.717, 1.165) is 36.1 Å². The van der Waals surface area contributed by atoms with Crippen molar-refractivity contribution < 1.29 is 19.1 Å². The molecule has 1 amide bonds. The average Bonchev–Trinajstić information content (AvgIpc) is 2.74. The fourth-order valence-corrected chi connectivity index (χ4v) is 3.81. The van der Waals surface area contributed by atoms with Crippen LogP contribution >= 0.6 is 0 Å². The maximum Gasteiger partial charge on any atom is 0.307 e. The molecular weight excluding hydrogens is 378 g/mol. The van der Waals surface area contributed by atoms with Gasteiger partial charge in [0.1, 0.15) is 0 Å². The molecule has 0 aromatic heterocycles. The van der Waals surface area contributed by atoms with Gasteiger partial charge in [-0.1, -0.05) is 30.3 Å². The predicted molar refractivity (Wildman–Crippen MR) is 117 cm³/mol. The highest BCUT2D eigenvalue weighted by Crippen LogP contribution is 2.23. The molecule has 0 saturated heterocycles. The summed E-state index contributed by atoms with van der Waals surface area (Å²) < 4.78 is 5.24. The van der Waals surface area contributed by atoms with Gasteiger partial charge in [0.25, 0.3) is 5.91 Å². The molecule has 0 heterocycles. The Morgan fingerprint density at radius 2 is 1.63 bits per heavy atom. The average molecular weight is 408 g/mol. The lowest BCUT2D eigenvalue weighted by Crippen LogP contribution is -2.30. The lowest BCUT2D eigenvalue weighted by Gasteiger charge is -2.17. The highest BCUT2D eigenvalue weighted by atomic mass is 16.5. The van der Waals surface area contributed by atoms with Crippen molar-refractivity contribution in [3.05, 3.63) is 64.2 Å². The summed E-state index contributed by atoms with van der Waals surface area (Å²) in [6, 6.07) is 11.6. The Hall–Kier alpha value is -2.95. The maximum absolute atomic E-state index is 12.5. The van der Waals surface area contributed by atoms with Crippen LogP contribution in [0.15, 0.2) is 36.4 Å². The minimum Gasteiger partial charge on any atom is -0.453 e.